The minimum absolute atomic E-state index is 0.157. The third kappa shape index (κ3) is 2.94. The van der Waals surface area contributed by atoms with Gasteiger partial charge in [0.1, 0.15) is 0 Å². The first-order valence-electron chi connectivity index (χ1n) is 12.2. The molecule has 0 aliphatic carbocycles. The van der Waals surface area contributed by atoms with Crippen molar-refractivity contribution in [2.45, 2.75) is 39.5 Å². The second-order valence-electron chi connectivity index (χ2n) is 9.53. The van der Waals surface area contributed by atoms with E-state index in [-0.39, 0.29) is 11.8 Å². The summed E-state index contributed by atoms with van der Waals surface area (Å²) in [7, 11) is 0. The summed E-state index contributed by atoms with van der Waals surface area (Å²) in [6.45, 7) is 4.82. The number of halogens is 1. The van der Waals surface area contributed by atoms with Gasteiger partial charge in [0.15, 0.2) is 0 Å². The van der Waals surface area contributed by atoms with E-state index in [2.05, 4.69) is 72.2 Å². The molecule has 0 saturated heterocycles. The molecule has 2 amide bonds. The highest BCUT2D eigenvalue weighted by molar-refractivity contribution is 9.10. The average molecular weight is 512 g/mol. The molecule has 0 bridgehead atoms. The Hall–Kier alpha value is -2.98. The van der Waals surface area contributed by atoms with E-state index in [4.69, 9.17) is 0 Å². The quantitative estimate of drug-likeness (QED) is 0.130. The highest BCUT2D eigenvalue weighted by Gasteiger charge is 2.35. The average Bonchev–Trinajstić information content (AvgIpc) is 2.86. The zero-order valence-electron chi connectivity index (χ0n) is 19.5. The molecule has 0 aromatic heterocycles. The molecule has 3 nitrogen and oxygen atoms in total. The molecule has 0 radical (unpaired) electrons. The van der Waals surface area contributed by atoms with E-state index in [1.165, 1.54) is 15.7 Å². The molecule has 5 aromatic rings. The van der Waals surface area contributed by atoms with Crippen LogP contribution in [-0.4, -0.2) is 23.3 Å². The lowest BCUT2D eigenvalue weighted by atomic mass is 9.84. The van der Waals surface area contributed by atoms with Crippen LogP contribution in [0.1, 0.15) is 60.2 Å². The fraction of sp³-hybridized carbons (Fsp3) is 0.267. The highest BCUT2D eigenvalue weighted by Crippen LogP contribution is 2.45. The van der Waals surface area contributed by atoms with Crippen LogP contribution in [0.2, 0.25) is 0 Å². The molecule has 0 fully saturated rings. The summed E-state index contributed by atoms with van der Waals surface area (Å²) in [5, 5.41) is 8.71. The number of hydrogen-bond acceptors (Lipinski definition) is 2. The summed E-state index contributed by atoms with van der Waals surface area (Å²) in [6.07, 6.45) is 4.25. The predicted molar refractivity (Wildman–Crippen MR) is 144 cm³/mol. The molecule has 0 spiro atoms. The summed E-state index contributed by atoms with van der Waals surface area (Å²) in [6, 6.07) is 18.6. The molecular weight excluding hydrogens is 486 g/mol. The minimum atomic E-state index is -0.157. The van der Waals surface area contributed by atoms with Gasteiger partial charge in [-0.25, -0.2) is 0 Å². The van der Waals surface area contributed by atoms with E-state index in [0.717, 1.165) is 62.5 Å². The van der Waals surface area contributed by atoms with Crippen molar-refractivity contribution in [3.63, 3.8) is 0 Å². The lowest BCUT2D eigenvalue weighted by molar-refractivity contribution is 0.0580. The molecule has 1 atom stereocenters. The van der Waals surface area contributed by atoms with Gasteiger partial charge >= 0.3 is 0 Å². The number of amides is 2. The van der Waals surface area contributed by atoms with Crippen molar-refractivity contribution >= 4 is 70.8 Å². The Morgan fingerprint density at radius 2 is 1.32 bits per heavy atom. The van der Waals surface area contributed by atoms with Crippen molar-refractivity contribution in [2.75, 3.05) is 6.54 Å². The van der Waals surface area contributed by atoms with Crippen LogP contribution in [0.15, 0.2) is 59.1 Å². The first kappa shape index (κ1) is 21.5. The molecule has 170 valence electrons. The normalized spacial score (nSPS) is 14.9. The van der Waals surface area contributed by atoms with Crippen molar-refractivity contribution in [1.82, 2.24) is 4.90 Å². The lowest BCUT2D eigenvalue weighted by Gasteiger charge is -2.31. The second-order valence-corrected chi connectivity index (χ2v) is 10.4. The SMILES string of the molecule is CCCCC(CC)CN1C(=O)c2ccc3c4cccc5c(Br)ccc(c6ccc(c2c36)C1=O)c54. The molecular formula is C30H26BrNO2. The molecule has 5 aromatic carbocycles. The molecule has 4 heteroatoms. The predicted octanol–water partition coefficient (Wildman–Crippen LogP) is 8.31. The van der Waals surface area contributed by atoms with Crippen molar-refractivity contribution in [3.05, 3.63) is 70.2 Å². The van der Waals surface area contributed by atoms with Gasteiger partial charge in [0.2, 0.25) is 0 Å². The molecule has 1 aliphatic heterocycles. The maximum atomic E-state index is 13.6. The van der Waals surface area contributed by atoms with Crippen LogP contribution in [-0.2, 0) is 0 Å². The van der Waals surface area contributed by atoms with Crippen LogP contribution in [0.5, 0.6) is 0 Å². The van der Waals surface area contributed by atoms with Crippen LogP contribution in [0, 0.1) is 5.92 Å². The van der Waals surface area contributed by atoms with Crippen LogP contribution >= 0.6 is 15.9 Å². The van der Waals surface area contributed by atoms with Gasteiger partial charge in [-0.05, 0) is 68.2 Å². The van der Waals surface area contributed by atoms with Gasteiger partial charge < -0.3 is 0 Å². The summed E-state index contributed by atoms with van der Waals surface area (Å²) in [5.74, 6) is 0.0252. The zero-order valence-corrected chi connectivity index (χ0v) is 21.0. The van der Waals surface area contributed by atoms with E-state index < -0.39 is 0 Å². The molecule has 1 heterocycles. The Morgan fingerprint density at radius 3 is 1.97 bits per heavy atom. The summed E-state index contributed by atoms with van der Waals surface area (Å²) >= 11 is 3.71. The number of benzene rings is 5. The number of carbonyl (C=O) groups is 2. The van der Waals surface area contributed by atoms with Crippen LogP contribution in [0.25, 0.3) is 43.1 Å². The van der Waals surface area contributed by atoms with E-state index in [1.54, 1.807) is 0 Å². The van der Waals surface area contributed by atoms with Crippen molar-refractivity contribution < 1.29 is 9.59 Å². The van der Waals surface area contributed by atoms with E-state index in [9.17, 15) is 9.59 Å². The van der Waals surface area contributed by atoms with Crippen LogP contribution in [0.4, 0.5) is 0 Å². The van der Waals surface area contributed by atoms with Gasteiger partial charge in [0, 0.05) is 27.5 Å². The smallest absolute Gasteiger partial charge is 0.261 e. The number of carbonyl (C=O) groups excluding carboxylic acids is 2. The molecule has 0 saturated carbocycles. The largest absolute Gasteiger partial charge is 0.274 e. The molecule has 0 N–H and O–H groups in total. The monoisotopic (exact) mass is 511 g/mol. The van der Waals surface area contributed by atoms with Gasteiger partial charge in [-0.2, -0.15) is 0 Å². The number of fused-ring (bicyclic) bond motifs is 2. The van der Waals surface area contributed by atoms with Crippen LogP contribution in [0.3, 0.4) is 0 Å². The van der Waals surface area contributed by atoms with E-state index in [0.29, 0.717) is 23.6 Å². The third-order valence-electron chi connectivity index (χ3n) is 7.66. The summed E-state index contributed by atoms with van der Waals surface area (Å²) in [4.78, 5) is 28.8. The Balaban J connectivity index is 1.61. The minimum Gasteiger partial charge on any atom is -0.274 e. The van der Waals surface area contributed by atoms with E-state index >= 15 is 0 Å². The molecule has 1 aliphatic rings. The Labute approximate surface area is 207 Å². The first-order valence-corrected chi connectivity index (χ1v) is 13.0. The number of rotatable bonds is 6. The number of imide groups is 1. The molecule has 1 unspecified atom stereocenters. The van der Waals surface area contributed by atoms with Gasteiger partial charge in [-0.1, -0.05) is 85.4 Å². The Bertz CT molecular complexity index is 1550. The second kappa shape index (κ2) is 8.06. The summed E-state index contributed by atoms with van der Waals surface area (Å²) < 4.78 is 1.07. The highest BCUT2D eigenvalue weighted by atomic mass is 79.9. The van der Waals surface area contributed by atoms with Gasteiger partial charge in [-0.3, -0.25) is 14.5 Å². The molecule has 34 heavy (non-hydrogen) atoms. The van der Waals surface area contributed by atoms with E-state index in [1.807, 2.05) is 12.1 Å². The zero-order chi connectivity index (χ0) is 23.6. The maximum absolute atomic E-state index is 13.6. The van der Waals surface area contributed by atoms with Crippen molar-refractivity contribution in [2.24, 2.45) is 5.92 Å². The summed E-state index contributed by atoms with van der Waals surface area (Å²) in [5.41, 5.74) is 1.29. The van der Waals surface area contributed by atoms with Crippen LogP contribution < -0.4 is 0 Å². The van der Waals surface area contributed by atoms with Crippen molar-refractivity contribution in [1.29, 1.82) is 0 Å². The first-order chi connectivity index (χ1) is 16.5. The van der Waals surface area contributed by atoms with Gasteiger partial charge in [-0.15, -0.1) is 0 Å². The maximum Gasteiger partial charge on any atom is 0.261 e. The molecule has 6 rings (SSSR count). The van der Waals surface area contributed by atoms with Crippen molar-refractivity contribution in [3.8, 4) is 0 Å². The Morgan fingerprint density at radius 1 is 0.735 bits per heavy atom. The fourth-order valence-corrected chi connectivity index (χ4v) is 6.31. The lowest BCUT2D eigenvalue weighted by Crippen LogP contribution is -2.43. The number of unbranched alkanes of at least 4 members (excludes halogenated alkanes) is 1. The van der Waals surface area contributed by atoms with Gasteiger partial charge in [0.05, 0.1) is 0 Å². The number of hydrogen-bond donors (Lipinski definition) is 0. The van der Waals surface area contributed by atoms with Gasteiger partial charge in [0.25, 0.3) is 11.8 Å². The standard InChI is InChI=1S/C30H26BrNO2/c1-3-5-7-17(4-2)16-32-29(33)23-12-10-20-18-8-6-9-22-25(31)15-14-19(26(18)22)21-11-13-24(30(32)34)28(23)27(20)21/h6,8-15,17H,3-5,7,16H2,1-2H3. The third-order valence-corrected chi connectivity index (χ3v) is 8.36. The Kier molecular flexibility index (Phi) is 5.11. The fourth-order valence-electron chi connectivity index (χ4n) is 5.85. The topological polar surface area (TPSA) is 37.4 Å². The number of nitrogens with zero attached hydrogens (tertiary/aromatic N) is 1.